The Hall–Kier alpha value is -3.43. The lowest BCUT2D eigenvalue weighted by Gasteiger charge is -2.20. The number of carbonyl (C=O) groups excluding carboxylic acids is 1. The monoisotopic (exact) mass is 445 g/mol. The van der Waals surface area contributed by atoms with Crippen molar-refractivity contribution >= 4 is 44.6 Å². The summed E-state index contributed by atoms with van der Waals surface area (Å²) >= 11 is 6.11. The van der Waals surface area contributed by atoms with E-state index in [0.717, 1.165) is 4.31 Å². The summed E-state index contributed by atoms with van der Waals surface area (Å²) in [6.07, 6.45) is 0. The van der Waals surface area contributed by atoms with E-state index in [0.29, 0.717) is 11.4 Å². The summed E-state index contributed by atoms with van der Waals surface area (Å²) in [4.78, 5) is 22.7. The SMILES string of the molecule is CN(c1ccccc1)S(=O)(=O)c1ccc(Cl)c(C(=O)Nc2ccc([N+](=O)[O-])cc2)c1. The van der Waals surface area contributed by atoms with Crippen LogP contribution in [0, 0.1) is 10.1 Å². The molecular formula is C20H16ClN3O5S. The molecule has 0 aliphatic rings. The molecule has 0 aliphatic heterocycles. The van der Waals surface area contributed by atoms with Gasteiger partial charge in [-0.1, -0.05) is 29.8 Å². The molecule has 0 saturated heterocycles. The number of amides is 1. The molecule has 1 amide bonds. The first kappa shape index (κ1) is 21.3. The second-order valence-corrected chi connectivity index (χ2v) is 8.58. The number of hydrogen-bond donors (Lipinski definition) is 1. The number of nitrogens with zero attached hydrogens (tertiary/aromatic N) is 2. The van der Waals surface area contributed by atoms with Crippen LogP contribution in [0.3, 0.4) is 0 Å². The van der Waals surface area contributed by atoms with E-state index in [2.05, 4.69) is 5.32 Å². The lowest BCUT2D eigenvalue weighted by molar-refractivity contribution is -0.384. The summed E-state index contributed by atoms with van der Waals surface area (Å²) in [5.41, 5.74) is 0.598. The summed E-state index contributed by atoms with van der Waals surface area (Å²) in [7, 11) is -2.52. The van der Waals surface area contributed by atoms with Crippen molar-refractivity contribution in [2.24, 2.45) is 0 Å². The highest BCUT2D eigenvalue weighted by molar-refractivity contribution is 7.92. The number of benzene rings is 3. The van der Waals surface area contributed by atoms with Crippen molar-refractivity contribution in [3.8, 4) is 0 Å². The van der Waals surface area contributed by atoms with Crippen molar-refractivity contribution < 1.29 is 18.1 Å². The van der Waals surface area contributed by atoms with E-state index >= 15 is 0 Å². The van der Waals surface area contributed by atoms with Gasteiger partial charge in [-0.15, -0.1) is 0 Å². The number of anilines is 2. The summed E-state index contributed by atoms with van der Waals surface area (Å²) in [5, 5.41) is 13.3. The number of sulfonamides is 1. The minimum Gasteiger partial charge on any atom is -0.322 e. The van der Waals surface area contributed by atoms with Gasteiger partial charge < -0.3 is 5.32 Å². The third-order valence-corrected chi connectivity index (χ3v) is 6.41. The molecule has 154 valence electrons. The van der Waals surface area contributed by atoms with Crippen LogP contribution < -0.4 is 9.62 Å². The van der Waals surface area contributed by atoms with Crippen LogP contribution in [0.25, 0.3) is 0 Å². The molecule has 3 rings (SSSR count). The number of carbonyl (C=O) groups is 1. The van der Waals surface area contributed by atoms with Crippen molar-refractivity contribution in [1.82, 2.24) is 0 Å². The first-order chi connectivity index (χ1) is 14.2. The van der Waals surface area contributed by atoms with E-state index in [4.69, 9.17) is 11.6 Å². The molecule has 3 aromatic rings. The van der Waals surface area contributed by atoms with Gasteiger partial charge >= 0.3 is 0 Å². The summed E-state index contributed by atoms with van der Waals surface area (Å²) in [6, 6.07) is 17.6. The molecule has 8 nitrogen and oxygen atoms in total. The number of rotatable bonds is 6. The minimum absolute atomic E-state index is 0.0439. The highest BCUT2D eigenvalue weighted by Crippen LogP contribution is 2.26. The Morgan fingerprint density at radius 2 is 1.67 bits per heavy atom. The van der Waals surface area contributed by atoms with Crippen molar-refractivity contribution in [3.63, 3.8) is 0 Å². The van der Waals surface area contributed by atoms with Gasteiger partial charge in [-0.05, 0) is 42.5 Å². The number of halogens is 1. The lowest BCUT2D eigenvalue weighted by Crippen LogP contribution is -2.27. The second-order valence-electron chi connectivity index (χ2n) is 6.21. The average molecular weight is 446 g/mol. The van der Waals surface area contributed by atoms with Crippen molar-refractivity contribution in [2.75, 3.05) is 16.7 Å². The summed E-state index contributed by atoms with van der Waals surface area (Å²) in [6.45, 7) is 0. The first-order valence-electron chi connectivity index (χ1n) is 8.59. The van der Waals surface area contributed by atoms with E-state index in [1.807, 2.05) is 0 Å². The number of non-ortho nitro benzene ring substituents is 1. The topological polar surface area (TPSA) is 110 Å². The molecule has 0 saturated carbocycles. The molecule has 0 radical (unpaired) electrons. The van der Waals surface area contributed by atoms with E-state index in [1.54, 1.807) is 30.3 Å². The van der Waals surface area contributed by atoms with Crippen LogP contribution in [-0.4, -0.2) is 26.3 Å². The zero-order valence-electron chi connectivity index (χ0n) is 15.7. The molecule has 30 heavy (non-hydrogen) atoms. The fourth-order valence-electron chi connectivity index (χ4n) is 2.64. The average Bonchev–Trinajstić information content (AvgIpc) is 2.74. The highest BCUT2D eigenvalue weighted by Gasteiger charge is 2.24. The van der Waals surface area contributed by atoms with Gasteiger partial charge in [-0.2, -0.15) is 0 Å². The van der Waals surface area contributed by atoms with Gasteiger partial charge in [-0.25, -0.2) is 8.42 Å². The summed E-state index contributed by atoms with van der Waals surface area (Å²) < 4.78 is 27.0. The molecule has 0 atom stereocenters. The van der Waals surface area contributed by atoms with Crippen LogP contribution in [0.2, 0.25) is 5.02 Å². The van der Waals surface area contributed by atoms with Crippen molar-refractivity contribution in [1.29, 1.82) is 0 Å². The van der Waals surface area contributed by atoms with Crippen LogP contribution in [-0.2, 0) is 10.0 Å². The number of para-hydroxylation sites is 1. The van der Waals surface area contributed by atoms with Gasteiger partial charge in [0, 0.05) is 24.9 Å². The number of nitro benzene ring substituents is 1. The fourth-order valence-corrected chi connectivity index (χ4v) is 4.06. The second kappa shape index (κ2) is 8.52. The molecule has 0 bridgehead atoms. The smallest absolute Gasteiger partial charge is 0.269 e. The largest absolute Gasteiger partial charge is 0.322 e. The number of nitro groups is 1. The maximum Gasteiger partial charge on any atom is 0.269 e. The number of nitrogens with one attached hydrogen (secondary N) is 1. The highest BCUT2D eigenvalue weighted by atomic mass is 35.5. The van der Waals surface area contributed by atoms with E-state index < -0.39 is 20.9 Å². The molecule has 0 unspecified atom stereocenters. The molecular weight excluding hydrogens is 430 g/mol. The molecule has 0 aliphatic carbocycles. The molecule has 0 fully saturated rings. The Bertz CT molecular complexity index is 1200. The van der Waals surface area contributed by atoms with Crippen LogP contribution >= 0.6 is 11.6 Å². The first-order valence-corrected chi connectivity index (χ1v) is 10.4. The molecule has 1 N–H and O–H groups in total. The molecule has 0 heterocycles. The van der Waals surface area contributed by atoms with Crippen LogP contribution in [0.5, 0.6) is 0 Å². The Morgan fingerprint density at radius 1 is 1.03 bits per heavy atom. The third kappa shape index (κ3) is 4.42. The minimum atomic E-state index is -3.93. The van der Waals surface area contributed by atoms with Crippen molar-refractivity contribution in [2.45, 2.75) is 4.90 Å². The number of hydrogen-bond acceptors (Lipinski definition) is 5. The Morgan fingerprint density at radius 3 is 2.27 bits per heavy atom. The molecule has 0 spiro atoms. The van der Waals surface area contributed by atoms with Crippen LogP contribution in [0.1, 0.15) is 10.4 Å². The standard InChI is InChI=1S/C20H16ClN3O5S/c1-23(15-5-3-2-4-6-15)30(28,29)17-11-12-19(21)18(13-17)20(25)22-14-7-9-16(10-8-14)24(26)27/h2-13H,1H3,(H,22,25). The Labute approximate surface area is 177 Å². The maximum absolute atomic E-state index is 13.0. The van der Waals surface area contributed by atoms with Gasteiger partial charge in [0.1, 0.15) is 0 Å². The van der Waals surface area contributed by atoms with Gasteiger partial charge in [0.2, 0.25) is 0 Å². The van der Waals surface area contributed by atoms with E-state index in [-0.39, 0.29) is 21.2 Å². The van der Waals surface area contributed by atoms with E-state index in [9.17, 15) is 23.3 Å². The lowest BCUT2D eigenvalue weighted by atomic mass is 10.2. The molecule has 10 heteroatoms. The summed E-state index contributed by atoms with van der Waals surface area (Å²) in [5.74, 6) is -0.645. The zero-order chi connectivity index (χ0) is 21.9. The normalized spacial score (nSPS) is 11.0. The quantitative estimate of drug-likeness (QED) is 0.448. The zero-order valence-corrected chi connectivity index (χ0v) is 17.2. The van der Waals surface area contributed by atoms with Crippen LogP contribution in [0.15, 0.2) is 77.7 Å². The predicted molar refractivity (Wildman–Crippen MR) is 115 cm³/mol. The Kier molecular flexibility index (Phi) is 6.04. The predicted octanol–water partition coefficient (Wildman–Crippen LogP) is 4.33. The Balaban J connectivity index is 1.89. The van der Waals surface area contributed by atoms with E-state index in [1.165, 1.54) is 49.5 Å². The van der Waals surface area contributed by atoms with Gasteiger partial charge in [0.25, 0.3) is 21.6 Å². The van der Waals surface area contributed by atoms with Gasteiger partial charge in [0.05, 0.1) is 26.1 Å². The molecule has 3 aromatic carbocycles. The van der Waals surface area contributed by atoms with Crippen LogP contribution in [0.4, 0.5) is 17.1 Å². The van der Waals surface area contributed by atoms with Gasteiger partial charge in [-0.3, -0.25) is 19.2 Å². The fraction of sp³-hybridized carbons (Fsp3) is 0.0500. The van der Waals surface area contributed by atoms with Crippen molar-refractivity contribution in [3.05, 3.63) is 93.5 Å². The third-order valence-electron chi connectivity index (χ3n) is 4.30. The molecule has 0 aromatic heterocycles. The maximum atomic E-state index is 13.0. The van der Waals surface area contributed by atoms with Gasteiger partial charge in [0.15, 0.2) is 0 Å².